The number of ether oxygens (including phenoxy) is 1. The van der Waals surface area contributed by atoms with E-state index in [1.165, 1.54) is 13.8 Å². The Kier molecular flexibility index (Phi) is 7.18. The molecule has 1 aliphatic rings. The first kappa shape index (κ1) is 22.9. The maximum atomic E-state index is 12.6. The Morgan fingerprint density at radius 3 is 2.56 bits per heavy atom. The van der Waals surface area contributed by atoms with Crippen LogP contribution in [0.1, 0.15) is 47.4 Å². The Balaban J connectivity index is 1.55. The van der Waals surface area contributed by atoms with Crippen molar-refractivity contribution >= 4 is 29.2 Å². The van der Waals surface area contributed by atoms with Crippen molar-refractivity contribution in [2.75, 3.05) is 11.9 Å². The lowest BCUT2D eigenvalue weighted by Gasteiger charge is -2.15. The normalized spacial score (nSPS) is 13.6. The molecular formula is C21H25N5O6. The van der Waals surface area contributed by atoms with Gasteiger partial charge in [-0.1, -0.05) is 25.0 Å². The molecule has 32 heavy (non-hydrogen) atoms. The fraction of sp³-hybridized carbons (Fsp3) is 0.429. The average molecular weight is 443 g/mol. The van der Waals surface area contributed by atoms with E-state index in [-0.39, 0.29) is 35.6 Å². The molecule has 0 unspecified atom stereocenters. The Morgan fingerprint density at radius 2 is 1.91 bits per heavy atom. The summed E-state index contributed by atoms with van der Waals surface area (Å²) >= 11 is 0. The molecule has 11 nitrogen and oxygen atoms in total. The number of nitrogens with one attached hydrogen (secondary N) is 2. The van der Waals surface area contributed by atoms with Gasteiger partial charge in [0, 0.05) is 6.04 Å². The summed E-state index contributed by atoms with van der Waals surface area (Å²) in [6, 6.07) is 6.73. The van der Waals surface area contributed by atoms with Gasteiger partial charge in [0.25, 0.3) is 11.8 Å². The lowest BCUT2D eigenvalue weighted by Crippen LogP contribution is -2.33. The van der Waals surface area contributed by atoms with Crippen LogP contribution in [0, 0.1) is 24.0 Å². The zero-order chi connectivity index (χ0) is 23.3. The molecule has 11 heteroatoms. The van der Waals surface area contributed by atoms with Gasteiger partial charge in [-0.05, 0) is 38.8 Å². The van der Waals surface area contributed by atoms with E-state index in [9.17, 15) is 24.5 Å². The van der Waals surface area contributed by atoms with Crippen molar-refractivity contribution in [2.45, 2.75) is 52.1 Å². The zero-order valence-corrected chi connectivity index (χ0v) is 17.9. The Labute approximate surface area is 184 Å². The second-order valence-corrected chi connectivity index (χ2v) is 7.64. The number of esters is 1. The number of rotatable bonds is 8. The van der Waals surface area contributed by atoms with Crippen LogP contribution in [0.3, 0.4) is 0 Å². The summed E-state index contributed by atoms with van der Waals surface area (Å²) in [4.78, 5) is 47.4. The van der Waals surface area contributed by atoms with Gasteiger partial charge in [-0.25, -0.2) is 0 Å². The number of aryl methyl sites for hydroxylation is 1. The number of aromatic nitrogens is 2. The third-order valence-electron chi connectivity index (χ3n) is 5.31. The van der Waals surface area contributed by atoms with Crippen LogP contribution in [-0.2, 0) is 20.9 Å². The lowest BCUT2D eigenvalue weighted by atomic mass is 10.1. The molecule has 1 aromatic carbocycles. The highest BCUT2D eigenvalue weighted by Crippen LogP contribution is 2.22. The fourth-order valence-corrected chi connectivity index (χ4v) is 3.73. The van der Waals surface area contributed by atoms with Crippen LogP contribution in [-0.4, -0.2) is 45.1 Å². The first-order valence-corrected chi connectivity index (χ1v) is 10.3. The number of carbonyl (C=O) groups is 3. The maximum absolute atomic E-state index is 12.6. The summed E-state index contributed by atoms with van der Waals surface area (Å²) in [5.74, 6) is -1.65. The minimum absolute atomic E-state index is 0.137. The molecular weight excluding hydrogens is 418 g/mol. The molecule has 170 valence electrons. The molecule has 0 aliphatic heterocycles. The Bertz CT molecular complexity index is 1040. The van der Waals surface area contributed by atoms with Gasteiger partial charge in [0.15, 0.2) is 6.61 Å². The van der Waals surface area contributed by atoms with Crippen LogP contribution in [0.4, 0.5) is 11.4 Å². The largest absolute Gasteiger partial charge is 0.454 e. The summed E-state index contributed by atoms with van der Waals surface area (Å²) in [6.45, 7) is 2.01. The highest BCUT2D eigenvalue weighted by molar-refractivity contribution is 6.04. The quantitative estimate of drug-likeness (QED) is 0.361. The van der Waals surface area contributed by atoms with Crippen molar-refractivity contribution in [3.8, 4) is 0 Å². The first-order chi connectivity index (χ1) is 15.3. The lowest BCUT2D eigenvalue weighted by molar-refractivity contribution is -0.386. The number of nitrogens with zero attached hydrogens (tertiary/aromatic N) is 3. The van der Waals surface area contributed by atoms with E-state index in [1.807, 2.05) is 0 Å². The van der Waals surface area contributed by atoms with Crippen LogP contribution >= 0.6 is 0 Å². The molecule has 3 rings (SSSR count). The molecule has 1 fully saturated rings. The first-order valence-electron chi connectivity index (χ1n) is 10.3. The van der Waals surface area contributed by atoms with Crippen LogP contribution in [0.2, 0.25) is 0 Å². The van der Waals surface area contributed by atoms with E-state index < -0.39 is 23.4 Å². The molecule has 1 aromatic heterocycles. The minimum Gasteiger partial charge on any atom is -0.454 e. The van der Waals surface area contributed by atoms with Gasteiger partial charge in [0.05, 0.1) is 16.2 Å². The number of para-hydroxylation sites is 1. The van der Waals surface area contributed by atoms with Gasteiger partial charge in [-0.3, -0.25) is 29.2 Å². The van der Waals surface area contributed by atoms with Crippen molar-refractivity contribution in [3.05, 3.63) is 51.3 Å². The number of hydrogen-bond donors (Lipinski definition) is 2. The van der Waals surface area contributed by atoms with Gasteiger partial charge in [-0.15, -0.1) is 0 Å². The molecule has 0 spiro atoms. The van der Waals surface area contributed by atoms with Crippen molar-refractivity contribution in [2.24, 2.45) is 0 Å². The van der Waals surface area contributed by atoms with Gasteiger partial charge in [0.1, 0.15) is 17.9 Å². The van der Waals surface area contributed by atoms with Crippen LogP contribution in [0.25, 0.3) is 0 Å². The molecule has 0 saturated heterocycles. The van der Waals surface area contributed by atoms with E-state index in [2.05, 4.69) is 15.7 Å². The van der Waals surface area contributed by atoms with Gasteiger partial charge >= 0.3 is 11.7 Å². The van der Waals surface area contributed by atoms with Crippen molar-refractivity contribution in [1.29, 1.82) is 0 Å². The highest BCUT2D eigenvalue weighted by atomic mass is 16.6. The van der Waals surface area contributed by atoms with Gasteiger partial charge in [-0.2, -0.15) is 5.10 Å². The predicted molar refractivity (Wildman–Crippen MR) is 114 cm³/mol. The average Bonchev–Trinajstić information content (AvgIpc) is 3.34. The molecule has 2 N–H and O–H groups in total. The minimum atomic E-state index is -0.770. The third-order valence-corrected chi connectivity index (χ3v) is 5.31. The zero-order valence-electron chi connectivity index (χ0n) is 17.9. The van der Waals surface area contributed by atoms with E-state index in [4.69, 9.17) is 4.74 Å². The number of nitro groups is 1. The number of amides is 2. The van der Waals surface area contributed by atoms with Gasteiger partial charge < -0.3 is 15.4 Å². The molecule has 0 bridgehead atoms. The molecule has 2 amide bonds. The van der Waals surface area contributed by atoms with E-state index in [0.717, 1.165) is 30.4 Å². The summed E-state index contributed by atoms with van der Waals surface area (Å²) in [7, 11) is 0. The summed E-state index contributed by atoms with van der Waals surface area (Å²) in [5, 5.41) is 20.6. The smallest absolute Gasteiger partial charge is 0.328 e. The molecule has 2 aromatic rings. The van der Waals surface area contributed by atoms with E-state index in [1.54, 1.807) is 24.3 Å². The van der Waals surface area contributed by atoms with E-state index in [0.29, 0.717) is 11.3 Å². The topological polar surface area (TPSA) is 145 Å². The van der Waals surface area contributed by atoms with Crippen LogP contribution < -0.4 is 10.6 Å². The molecule has 1 heterocycles. The number of hydrogen-bond acceptors (Lipinski definition) is 7. The molecule has 0 radical (unpaired) electrons. The van der Waals surface area contributed by atoms with Crippen LogP contribution in [0.5, 0.6) is 0 Å². The summed E-state index contributed by atoms with van der Waals surface area (Å²) in [5.41, 5.74) is 0.886. The molecule has 1 aliphatic carbocycles. The Morgan fingerprint density at radius 1 is 1.22 bits per heavy atom. The van der Waals surface area contributed by atoms with Crippen LogP contribution in [0.15, 0.2) is 24.3 Å². The molecule has 1 saturated carbocycles. The number of anilines is 1. The fourth-order valence-electron chi connectivity index (χ4n) is 3.73. The molecule has 0 atom stereocenters. The summed E-state index contributed by atoms with van der Waals surface area (Å²) < 4.78 is 6.13. The summed E-state index contributed by atoms with van der Waals surface area (Å²) in [6.07, 6.45) is 4.04. The Hall–Kier alpha value is -3.76. The van der Waals surface area contributed by atoms with Crippen molar-refractivity contribution in [3.63, 3.8) is 0 Å². The predicted octanol–water partition coefficient (Wildman–Crippen LogP) is 2.26. The maximum Gasteiger partial charge on any atom is 0.328 e. The highest BCUT2D eigenvalue weighted by Gasteiger charge is 2.24. The van der Waals surface area contributed by atoms with E-state index >= 15 is 0 Å². The standard InChI is InChI=1S/C21H25N5O6/c1-13-20(26(30)31)14(2)25(24-13)11-19(28)32-12-18(27)23-17-10-6-5-9-16(17)21(29)22-15-7-3-4-8-15/h5-6,9-10,15H,3-4,7-8,11-12H2,1-2H3,(H,22,29)(H,23,27). The number of carbonyl (C=O) groups excluding carboxylic acids is 3. The monoisotopic (exact) mass is 443 g/mol. The van der Waals surface area contributed by atoms with Crippen molar-refractivity contribution < 1.29 is 24.0 Å². The number of benzene rings is 1. The van der Waals surface area contributed by atoms with Gasteiger partial charge in [0.2, 0.25) is 0 Å². The third kappa shape index (κ3) is 5.48. The SMILES string of the molecule is Cc1nn(CC(=O)OCC(=O)Nc2ccccc2C(=O)NC2CCCC2)c(C)c1[N+](=O)[O-]. The van der Waals surface area contributed by atoms with Crippen molar-refractivity contribution in [1.82, 2.24) is 15.1 Å². The second kappa shape index (κ2) is 10.0. The second-order valence-electron chi connectivity index (χ2n) is 7.64.